The normalized spacial score (nSPS) is 31.4. The summed E-state index contributed by atoms with van der Waals surface area (Å²) in [6, 6.07) is 16.6. The number of ether oxygens (including phenoxy) is 2. The van der Waals surface area contributed by atoms with Crippen molar-refractivity contribution in [2.75, 3.05) is 6.54 Å². The van der Waals surface area contributed by atoms with Gasteiger partial charge in [0.2, 0.25) is 10.0 Å². The van der Waals surface area contributed by atoms with Crippen LogP contribution in [-0.2, 0) is 14.8 Å². The summed E-state index contributed by atoms with van der Waals surface area (Å²) in [4.78, 5) is 0.349. The van der Waals surface area contributed by atoms with Gasteiger partial charge in [0.05, 0.1) is 23.1 Å². The van der Waals surface area contributed by atoms with Crippen LogP contribution in [0.25, 0.3) is 0 Å². The summed E-state index contributed by atoms with van der Waals surface area (Å²) < 4.78 is 41.0. The minimum Gasteiger partial charge on any atom is -0.487 e. The second-order valence-electron chi connectivity index (χ2n) is 8.47. The number of rotatable bonds is 2. The Morgan fingerprint density at radius 2 is 1.75 bits per heavy atom. The van der Waals surface area contributed by atoms with Crippen LogP contribution in [0.2, 0.25) is 0 Å². The molecule has 5 rings (SSSR count). The Morgan fingerprint density at radius 1 is 1.04 bits per heavy atom. The van der Waals surface area contributed by atoms with Crippen LogP contribution in [0.4, 0.5) is 0 Å². The zero-order chi connectivity index (χ0) is 19.5. The molecule has 0 spiro atoms. The topological polar surface area (TPSA) is 55.8 Å². The first-order chi connectivity index (χ1) is 13.4. The van der Waals surface area contributed by atoms with Crippen LogP contribution in [0.5, 0.6) is 5.75 Å². The maximum atomic E-state index is 13.2. The van der Waals surface area contributed by atoms with E-state index >= 15 is 0 Å². The maximum absolute atomic E-state index is 13.2. The predicted molar refractivity (Wildman–Crippen MR) is 106 cm³/mol. The molecular formula is C22H25NO4S. The summed E-state index contributed by atoms with van der Waals surface area (Å²) in [5.74, 6) is 0.967. The molecule has 28 heavy (non-hydrogen) atoms. The Bertz CT molecular complexity index is 989. The van der Waals surface area contributed by atoms with E-state index in [1.54, 1.807) is 28.6 Å². The second kappa shape index (κ2) is 6.31. The van der Waals surface area contributed by atoms with E-state index in [1.807, 2.05) is 24.3 Å². The first-order valence-corrected chi connectivity index (χ1v) is 11.3. The Kier molecular flexibility index (Phi) is 4.09. The Morgan fingerprint density at radius 3 is 2.54 bits per heavy atom. The average Bonchev–Trinajstić information content (AvgIpc) is 3.11. The van der Waals surface area contributed by atoms with Crippen molar-refractivity contribution in [3.63, 3.8) is 0 Å². The molecular weight excluding hydrogens is 374 g/mol. The number of hydrogen-bond acceptors (Lipinski definition) is 4. The highest BCUT2D eigenvalue weighted by molar-refractivity contribution is 7.89. The van der Waals surface area contributed by atoms with E-state index in [-0.39, 0.29) is 24.2 Å². The minimum atomic E-state index is -3.53. The van der Waals surface area contributed by atoms with E-state index in [9.17, 15) is 8.42 Å². The second-order valence-corrected chi connectivity index (χ2v) is 10.4. The summed E-state index contributed by atoms with van der Waals surface area (Å²) in [5, 5.41) is 0. The summed E-state index contributed by atoms with van der Waals surface area (Å²) in [7, 11) is -3.53. The van der Waals surface area contributed by atoms with Gasteiger partial charge in [-0.1, -0.05) is 36.4 Å². The first-order valence-electron chi connectivity index (χ1n) is 9.88. The third-order valence-electron chi connectivity index (χ3n) is 6.46. The number of para-hydroxylation sites is 1. The zero-order valence-corrected chi connectivity index (χ0v) is 16.9. The Balaban J connectivity index is 1.49. The van der Waals surface area contributed by atoms with Gasteiger partial charge in [0.25, 0.3) is 0 Å². The molecule has 3 heterocycles. The van der Waals surface area contributed by atoms with E-state index in [2.05, 4.69) is 19.9 Å². The van der Waals surface area contributed by atoms with E-state index in [1.165, 1.54) is 0 Å². The average molecular weight is 400 g/mol. The van der Waals surface area contributed by atoms with E-state index in [4.69, 9.17) is 9.47 Å². The maximum Gasteiger partial charge on any atom is 0.243 e. The smallest absolute Gasteiger partial charge is 0.243 e. The summed E-state index contributed by atoms with van der Waals surface area (Å²) in [6.45, 7) is 4.65. The SMILES string of the molecule is CC1(C)Oc2ccccc2[C@@H]2O[C@@H]3CCN(S(=O)(=O)c4ccccc4)[C@@H]3C[C@H]21. The molecule has 0 aromatic heterocycles. The van der Waals surface area contributed by atoms with Crippen molar-refractivity contribution in [2.24, 2.45) is 5.92 Å². The number of sulfonamides is 1. The van der Waals surface area contributed by atoms with E-state index in [0.717, 1.165) is 24.2 Å². The fourth-order valence-corrected chi connectivity index (χ4v) is 6.72. The number of hydrogen-bond donors (Lipinski definition) is 0. The molecule has 4 atom stereocenters. The van der Waals surface area contributed by atoms with Crippen LogP contribution in [0.15, 0.2) is 59.5 Å². The number of nitrogens with zero attached hydrogens (tertiary/aromatic N) is 1. The molecule has 0 bridgehead atoms. The van der Waals surface area contributed by atoms with Gasteiger partial charge >= 0.3 is 0 Å². The predicted octanol–water partition coefficient (Wildman–Crippen LogP) is 3.77. The molecule has 0 radical (unpaired) electrons. The molecule has 0 amide bonds. The van der Waals surface area contributed by atoms with Gasteiger partial charge in [0.15, 0.2) is 0 Å². The molecule has 0 saturated carbocycles. The minimum absolute atomic E-state index is 0.0550. The van der Waals surface area contributed by atoms with Crippen LogP contribution in [0, 0.1) is 5.92 Å². The van der Waals surface area contributed by atoms with Gasteiger partial charge in [-0.2, -0.15) is 4.31 Å². The number of benzene rings is 2. The van der Waals surface area contributed by atoms with Gasteiger partial charge in [0.1, 0.15) is 11.4 Å². The molecule has 0 aliphatic carbocycles. The van der Waals surface area contributed by atoms with Crippen LogP contribution in [0.3, 0.4) is 0 Å². The Labute approximate surface area is 166 Å². The van der Waals surface area contributed by atoms with Gasteiger partial charge in [-0.15, -0.1) is 0 Å². The lowest BCUT2D eigenvalue weighted by molar-refractivity contribution is -0.157. The van der Waals surface area contributed by atoms with Crippen LogP contribution in [-0.4, -0.2) is 37.0 Å². The molecule has 148 valence electrons. The van der Waals surface area contributed by atoms with Crippen molar-refractivity contribution in [3.05, 3.63) is 60.2 Å². The molecule has 2 aromatic rings. The van der Waals surface area contributed by atoms with Gasteiger partial charge in [-0.25, -0.2) is 8.42 Å². The van der Waals surface area contributed by atoms with Crippen molar-refractivity contribution < 1.29 is 17.9 Å². The molecule has 2 saturated heterocycles. The summed E-state index contributed by atoms with van der Waals surface area (Å²) in [6.07, 6.45) is 1.33. The van der Waals surface area contributed by atoms with Crippen LogP contribution >= 0.6 is 0 Å². The molecule has 2 aromatic carbocycles. The third kappa shape index (κ3) is 2.70. The molecule has 3 aliphatic rings. The highest BCUT2D eigenvalue weighted by Crippen LogP contribution is 2.53. The molecule has 3 aliphatic heterocycles. The van der Waals surface area contributed by atoms with Gasteiger partial charge in [-0.05, 0) is 44.9 Å². The fraction of sp³-hybridized carbons (Fsp3) is 0.455. The third-order valence-corrected chi connectivity index (χ3v) is 8.40. The highest BCUT2D eigenvalue weighted by atomic mass is 32.2. The molecule has 6 heteroatoms. The van der Waals surface area contributed by atoms with Crippen molar-refractivity contribution in [2.45, 2.75) is 55.4 Å². The van der Waals surface area contributed by atoms with Gasteiger partial charge in [0, 0.05) is 18.0 Å². The summed E-state index contributed by atoms with van der Waals surface area (Å²) >= 11 is 0. The molecule has 2 fully saturated rings. The van der Waals surface area contributed by atoms with Gasteiger partial charge in [-0.3, -0.25) is 0 Å². The van der Waals surface area contributed by atoms with E-state index in [0.29, 0.717) is 11.4 Å². The van der Waals surface area contributed by atoms with Crippen molar-refractivity contribution in [3.8, 4) is 5.75 Å². The Hall–Kier alpha value is -1.89. The monoisotopic (exact) mass is 399 g/mol. The quantitative estimate of drug-likeness (QED) is 0.771. The van der Waals surface area contributed by atoms with Gasteiger partial charge < -0.3 is 9.47 Å². The lowest BCUT2D eigenvalue weighted by Gasteiger charge is -2.50. The molecule has 5 nitrogen and oxygen atoms in total. The largest absolute Gasteiger partial charge is 0.487 e. The van der Waals surface area contributed by atoms with E-state index < -0.39 is 15.6 Å². The lowest BCUT2D eigenvalue weighted by Crippen LogP contribution is -2.54. The standard InChI is InChI=1S/C22H25NO4S/c1-22(2)17-14-18-20(26-21(17)16-10-6-7-11-19(16)27-22)12-13-23(18)28(24,25)15-8-4-3-5-9-15/h3-11,17-18,20-21H,12-14H2,1-2H3/t17-,18-,20-,21+/m1/s1. The number of fused-ring (bicyclic) bond motifs is 4. The van der Waals surface area contributed by atoms with Crippen molar-refractivity contribution >= 4 is 10.0 Å². The highest BCUT2D eigenvalue weighted by Gasteiger charge is 2.54. The van der Waals surface area contributed by atoms with Crippen LogP contribution in [0.1, 0.15) is 38.4 Å². The first kappa shape index (κ1) is 18.2. The molecule has 0 N–H and O–H groups in total. The zero-order valence-electron chi connectivity index (χ0n) is 16.1. The lowest BCUT2D eigenvalue weighted by atomic mass is 9.74. The van der Waals surface area contributed by atoms with Crippen LogP contribution < -0.4 is 4.74 Å². The van der Waals surface area contributed by atoms with Crippen molar-refractivity contribution in [1.29, 1.82) is 0 Å². The van der Waals surface area contributed by atoms with Crippen molar-refractivity contribution in [1.82, 2.24) is 4.31 Å². The summed E-state index contributed by atoms with van der Waals surface area (Å²) in [5.41, 5.74) is 0.657. The molecule has 0 unspecified atom stereocenters. The fourth-order valence-electron chi connectivity index (χ4n) is 5.03.